The van der Waals surface area contributed by atoms with Gasteiger partial charge in [0.15, 0.2) is 0 Å². The maximum Gasteiger partial charge on any atom is 0.116 e. The van der Waals surface area contributed by atoms with Crippen molar-refractivity contribution < 1.29 is 0 Å². The van der Waals surface area contributed by atoms with Gasteiger partial charge in [0.05, 0.1) is 18.9 Å². The number of hydrogen-bond acceptors (Lipinski definition) is 4. The summed E-state index contributed by atoms with van der Waals surface area (Å²) < 4.78 is 3.66. The molecule has 0 spiro atoms. The summed E-state index contributed by atoms with van der Waals surface area (Å²) in [5.41, 5.74) is 7.29. The van der Waals surface area contributed by atoms with Crippen LogP contribution in [0.2, 0.25) is 0 Å². The lowest BCUT2D eigenvalue weighted by molar-refractivity contribution is 0.598. The number of nitrogens with zero attached hydrogens (tertiary/aromatic N) is 5. The Balaban J connectivity index is 2.14. The van der Waals surface area contributed by atoms with Crippen molar-refractivity contribution in [2.75, 3.05) is 6.54 Å². The van der Waals surface area contributed by atoms with Gasteiger partial charge in [0.1, 0.15) is 5.69 Å². The summed E-state index contributed by atoms with van der Waals surface area (Å²) in [6.45, 7) is 4.31. The first-order valence-corrected chi connectivity index (χ1v) is 5.46. The third-order valence-corrected chi connectivity index (χ3v) is 2.28. The Labute approximate surface area is 94.1 Å². The average Bonchev–Trinajstić information content (AvgIpc) is 2.87. The third-order valence-electron chi connectivity index (χ3n) is 2.28. The molecule has 0 aromatic carbocycles. The topological polar surface area (TPSA) is 74.5 Å². The van der Waals surface area contributed by atoms with Crippen molar-refractivity contribution in [2.24, 2.45) is 5.73 Å². The zero-order valence-electron chi connectivity index (χ0n) is 9.37. The first kappa shape index (κ1) is 10.8. The van der Waals surface area contributed by atoms with Gasteiger partial charge in [-0.05, 0) is 6.42 Å². The zero-order chi connectivity index (χ0) is 11.4. The summed E-state index contributed by atoms with van der Waals surface area (Å²) in [4.78, 5) is 0. The average molecular weight is 220 g/mol. The maximum atomic E-state index is 5.45. The summed E-state index contributed by atoms with van der Waals surface area (Å²) in [6, 6.07) is 0. The van der Waals surface area contributed by atoms with E-state index in [0.29, 0.717) is 13.1 Å². The van der Waals surface area contributed by atoms with E-state index in [0.717, 1.165) is 24.2 Å². The molecule has 2 heterocycles. The van der Waals surface area contributed by atoms with Crippen LogP contribution in [0.5, 0.6) is 0 Å². The molecular weight excluding hydrogens is 204 g/mol. The van der Waals surface area contributed by atoms with Gasteiger partial charge in [-0.25, -0.2) is 0 Å². The van der Waals surface area contributed by atoms with Crippen LogP contribution in [0.3, 0.4) is 0 Å². The SMILES string of the molecule is CCCn1cc(-c2cn(CCN)nn2)cn1. The predicted octanol–water partition coefficient (Wildman–Crippen LogP) is 0.510. The zero-order valence-corrected chi connectivity index (χ0v) is 9.37. The molecule has 6 nitrogen and oxygen atoms in total. The van der Waals surface area contributed by atoms with E-state index in [4.69, 9.17) is 5.73 Å². The van der Waals surface area contributed by atoms with Crippen LogP contribution in [0.25, 0.3) is 11.3 Å². The highest BCUT2D eigenvalue weighted by atomic mass is 15.4. The monoisotopic (exact) mass is 220 g/mol. The molecule has 0 fully saturated rings. The molecule has 0 saturated carbocycles. The second kappa shape index (κ2) is 4.89. The van der Waals surface area contributed by atoms with Gasteiger partial charge in [0.2, 0.25) is 0 Å². The lowest BCUT2D eigenvalue weighted by Crippen LogP contribution is -2.10. The van der Waals surface area contributed by atoms with E-state index in [2.05, 4.69) is 22.3 Å². The fourth-order valence-electron chi connectivity index (χ4n) is 1.52. The normalized spacial score (nSPS) is 10.9. The Morgan fingerprint density at radius 3 is 2.88 bits per heavy atom. The van der Waals surface area contributed by atoms with E-state index >= 15 is 0 Å². The van der Waals surface area contributed by atoms with Crippen molar-refractivity contribution in [3.8, 4) is 11.3 Å². The van der Waals surface area contributed by atoms with Crippen LogP contribution in [0.4, 0.5) is 0 Å². The van der Waals surface area contributed by atoms with E-state index in [9.17, 15) is 0 Å². The van der Waals surface area contributed by atoms with E-state index in [1.54, 1.807) is 4.68 Å². The highest BCUT2D eigenvalue weighted by Crippen LogP contribution is 2.14. The second-order valence-electron chi connectivity index (χ2n) is 3.65. The number of aryl methyl sites for hydroxylation is 1. The number of rotatable bonds is 5. The standard InChI is InChI=1S/C10H16N6/c1-2-4-15-7-9(6-12-15)10-8-16(5-3-11)14-13-10/h6-8H,2-5,11H2,1H3. The van der Waals surface area contributed by atoms with Crippen LogP contribution >= 0.6 is 0 Å². The van der Waals surface area contributed by atoms with Gasteiger partial charge < -0.3 is 5.73 Å². The Bertz CT molecular complexity index is 401. The molecule has 6 heteroatoms. The van der Waals surface area contributed by atoms with Gasteiger partial charge in [-0.1, -0.05) is 12.1 Å². The molecule has 16 heavy (non-hydrogen) atoms. The van der Waals surface area contributed by atoms with Gasteiger partial charge >= 0.3 is 0 Å². The van der Waals surface area contributed by atoms with Crippen molar-refractivity contribution >= 4 is 0 Å². The summed E-state index contributed by atoms with van der Waals surface area (Å²) in [7, 11) is 0. The maximum absolute atomic E-state index is 5.45. The molecule has 2 aromatic heterocycles. The molecule has 0 atom stereocenters. The largest absolute Gasteiger partial charge is 0.329 e. The fraction of sp³-hybridized carbons (Fsp3) is 0.500. The first-order valence-electron chi connectivity index (χ1n) is 5.46. The molecule has 0 amide bonds. The number of nitrogens with two attached hydrogens (primary N) is 1. The molecule has 0 aliphatic rings. The van der Waals surface area contributed by atoms with Crippen molar-refractivity contribution in [3.05, 3.63) is 18.6 Å². The first-order chi connectivity index (χ1) is 7.83. The lowest BCUT2D eigenvalue weighted by Gasteiger charge is -1.94. The van der Waals surface area contributed by atoms with Crippen molar-refractivity contribution in [1.29, 1.82) is 0 Å². The minimum Gasteiger partial charge on any atom is -0.329 e. The molecule has 0 aliphatic carbocycles. The fourth-order valence-corrected chi connectivity index (χ4v) is 1.52. The summed E-state index contributed by atoms with van der Waals surface area (Å²) in [5.74, 6) is 0. The molecule has 0 unspecified atom stereocenters. The Hall–Kier alpha value is -1.69. The Morgan fingerprint density at radius 1 is 1.25 bits per heavy atom. The highest BCUT2D eigenvalue weighted by Gasteiger charge is 2.05. The molecule has 0 radical (unpaired) electrons. The lowest BCUT2D eigenvalue weighted by atomic mass is 10.3. The Morgan fingerprint density at radius 2 is 2.12 bits per heavy atom. The van der Waals surface area contributed by atoms with E-state index in [1.807, 2.05) is 23.3 Å². The van der Waals surface area contributed by atoms with Gasteiger partial charge in [-0.3, -0.25) is 9.36 Å². The molecule has 0 saturated heterocycles. The minimum absolute atomic E-state index is 0.567. The molecular formula is C10H16N6. The van der Waals surface area contributed by atoms with Crippen molar-refractivity contribution in [2.45, 2.75) is 26.4 Å². The van der Waals surface area contributed by atoms with Crippen LogP contribution in [0, 0.1) is 0 Å². The smallest absolute Gasteiger partial charge is 0.116 e. The summed E-state index contributed by atoms with van der Waals surface area (Å²) in [6.07, 6.45) is 6.76. The van der Waals surface area contributed by atoms with Gasteiger partial charge in [-0.2, -0.15) is 5.10 Å². The van der Waals surface area contributed by atoms with Crippen LogP contribution in [0.15, 0.2) is 18.6 Å². The number of aromatic nitrogens is 5. The summed E-state index contributed by atoms with van der Waals surface area (Å²) in [5, 5.41) is 12.3. The molecule has 2 rings (SSSR count). The van der Waals surface area contributed by atoms with E-state index in [1.165, 1.54) is 0 Å². The van der Waals surface area contributed by atoms with Crippen molar-refractivity contribution in [3.63, 3.8) is 0 Å². The van der Waals surface area contributed by atoms with Crippen LogP contribution in [-0.2, 0) is 13.1 Å². The van der Waals surface area contributed by atoms with E-state index < -0.39 is 0 Å². The molecule has 2 aromatic rings. The van der Waals surface area contributed by atoms with Gasteiger partial charge in [-0.15, -0.1) is 5.10 Å². The van der Waals surface area contributed by atoms with Gasteiger partial charge in [0.25, 0.3) is 0 Å². The molecule has 0 bridgehead atoms. The van der Waals surface area contributed by atoms with Crippen LogP contribution < -0.4 is 5.73 Å². The second-order valence-corrected chi connectivity index (χ2v) is 3.65. The third kappa shape index (κ3) is 2.27. The molecule has 86 valence electrons. The van der Waals surface area contributed by atoms with Gasteiger partial charge in [0, 0.05) is 24.8 Å². The highest BCUT2D eigenvalue weighted by molar-refractivity contribution is 5.54. The molecule has 0 aliphatic heterocycles. The van der Waals surface area contributed by atoms with Crippen molar-refractivity contribution in [1.82, 2.24) is 24.8 Å². The van der Waals surface area contributed by atoms with Crippen LogP contribution in [-0.4, -0.2) is 31.3 Å². The minimum atomic E-state index is 0.567. The van der Waals surface area contributed by atoms with Crippen LogP contribution in [0.1, 0.15) is 13.3 Å². The predicted molar refractivity (Wildman–Crippen MR) is 60.6 cm³/mol. The number of hydrogen-bond donors (Lipinski definition) is 1. The quantitative estimate of drug-likeness (QED) is 0.796. The summed E-state index contributed by atoms with van der Waals surface area (Å²) >= 11 is 0. The molecule has 2 N–H and O–H groups in total. The van der Waals surface area contributed by atoms with E-state index in [-0.39, 0.29) is 0 Å². The Kier molecular flexibility index (Phi) is 3.31.